The number of carbonyl (C=O) groups is 1. The van der Waals surface area contributed by atoms with Crippen molar-refractivity contribution < 1.29 is 9.21 Å². The Kier molecular flexibility index (Phi) is 4.09. The van der Waals surface area contributed by atoms with E-state index in [9.17, 15) is 9.59 Å². The summed E-state index contributed by atoms with van der Waals surface area (Å²) in [6.45, 7) is 1.80. The summed E-state index contributed by atoms with van der Waals surface area (Å²) in [4.78, 5) is 27.5. The van der Waals surface area contributed by atoms with Gasteiger partial charge in [-0.2, -0.15) is 5.26 Å². The van der Waals surface area contributed by atoms with E-state index < -0.39 is 0 Å². The fourth-order valence-electron chi connectivity index (χ4n) is 4.69. The van der Waals surface area contributed by atoms with Gasteiger partial charge in [-0.05, 0) is 54.8 Å². The standard InChI is InChI=1S/C23H19N3O3/c24-11-15-3-5-17(6-4-15)23(28)25-12-16-10-18(14-25)22-19(20-2-1-9-29-20)7-8-21(27)26(22)13-16/h1-9,16,18H,10,12-14H2/t16-,18+/m0/s1. The maximum Gasteiger partial charge on any atom is 0.253 e. The Bertz CT molecular complexity index is 1170. The molecule has 6 heteroatoms. The summed E-state index contributed by atoms with van der Waals surface area (Å²) in [5.41, 5.74) is 3.00. The second-order valence-electron chi connectivity index (χ2n) is 7.76. The molecule has 6 nitrogen and oxygen atoms in total. The molecule has 2 atom stereocenters. The topological polar surface area (TPSA) is 79.2 Å². The average Bonchev–Trinajstić information content (AvgIpc) is 3.28. The quantitative estimate of drug-likeness (QED) is 0.678. The molecule has 1 amide bonds. The van der Waals surface area contributed by atoms with E-state index in [1.165, 1.54) is 0 Å². The third-order valence-corrected chi connectivity index (χ3v) is 5.92. The number of pyridine rings is 1. The Balaban J connectivity index is 1.50. The van der Waals surface area contributed by atoms with Crippen LogP contribution in [0.15, 0.2) is 64.0 Å². The molecule has 1 fully saturated rings. The molecule has 2 aromatic heterocycles. The molecule has 0 spiro atoms. The predicted octanol–water partition coefficient (Wildman–Crippen LogP) is 3.24. The van der Waals surface area contributed by atoms with Crippen LogP contribution in [0.4, 0.5) is 0 Å². The minimum Gasteiger partial charge on any atom is -0.464 e. The number of aromatic nitrogens is 1. The predicted molar refractivity (Wildman–Crippen MR) is 106 cm³/mol. The fourth-order valence-corrected chi connectivity index (χ4v) is 4.69. The monoisotopic (exact) mass is 385 g/mol. The highest BCUT2D eigenvalue weighted by Crippen LogP contribution is 2.40. The van der Waals surface area contributed by atoms with E-state index in [0.29, 0.717) is 30.8 Å². The lowest BCUT2D eigenvalue weighted by atomic mass is 9.81. The van der Waals surface area contributed by atoms with E-state index >= 15 is 0 Å². The Hall–Kier alpha value is -3.59. The van der Waals surface area contributed by atoms with Gasteiger partial charge < -0.3 is 13.9 Å². The smallest absolute Gasteiger partial charge is 0.253 e. The number of rotatable bonds is 2. The van der Waals surface area contributed by atoms with Crippen molar-refractivity contribution in [2.75, 3.05) is 13.1 Å². The molecule has 0 aliphatic carbocycles. The van der Waals surface area contributed by atoms with Crippen LogP contribution in [-0.2, 0) is 6.54 Å². The lowest BCUT2D eigenvalue weighted by molar-refractivity contribution is 0.0595. The SMILES string of the molecule is N#Cc1ccc(C(=O)N2C[C@@H]3C[C@H](C2)c2c(-c4ccco4)ccc(=O)n2C3)cc1. The van der Waals surface area contributed by atoms with Gasteiger partial charge in [-0.15, -0.1) is 0 Å². The first-order valence-electron chi connectivity index (χ1n) is 9.71. The first kappa shape index (κ1) is 17.5. The van der Waals surface area contributed by atoms with Gasteiger partial charge in [0.1, 0.15) is 5.76 Å². The summed E-state index contributed by atoms with van der Waals surface area (Å²) < 4.78 is 7.47. The number of piperidine rings is 1. The number of carbonyl (C=O) groups excluding carboxylic acids is 1. The molecule has 0 N–H and O–H groups in total. The number of amides is 1. The summed E-state index contributed by atoms with van der Waals surface area (Å²) >= 11 is 0. The number of nitrogens with zero attached hydrogens (tertiary/aromatic N) is 3. The second kappa shape index (κ2) is 6.78. The van der Waals surface area contributed by atoms with Crippen LogP contribution in [0.3, 0.4) is 0 Å². The van der Waals surface area contributed by atoms with Gasteiger partial charge in [0.2, 0.25) is 0 Å². The highest BCUT2D eigenvalue weighted by molar-refractivity contribution is 5.94. The van der Waals surface area contributed by atoms with Crippen LogP contribution in [0.1, 0.15) is 34.0 Å². The number of hydrogen-bond donors (Lipinski definition) is 0. The van der Waals surface area contributed by atoms with E-state index in [1.807, 2.05) is 27.7 Å². The zero-order chi connectivity index (χ0) is 20.0. The Morgan fingerprint density at radius 1 is 1.07 bits per heavy atom. The van der Waals surface area contributed by atoms with Gasteiger partial charge in [0.15, 0.2) is 0 Å². The molecule has 1 saturated heterocycles. The van der Waals surface area contributed by atoms with E-state index in [0.717, 1.165) is 23.4 Å². The molecule has 1 aromatic carbocycles. The van der Waals surface area contributed by atoms with Crippen LogP contribution in [0.25, 0.3) is 11.3 Å². The molecule has 0 radical (unpaired) electrons. The van der Waals surface area contributed by atoms with Crippen molar-refractivity contribution >= 4 is 5.91 Å². The lowest BCUT2D eigenvalue weighted by Gasteiger charge is -2.43. The van der Waals surface area contributed by atoms with Crippen molar-refractivity contribution in [3.05, 3.63) is 82.0 Å². The summed E-state index contributed by atoms with van der Waals surface area (Å²) in [6.07, 6.45) is 2.58. The number of likely N-dealkylation sites (tertiary alicyclic amines) is 1. The van der Waals surface area contributed by atoms with Gasteiger partial charge in [-0.3, -0.25) is 9.59 Å². The average molecular weight is 385 g/mol. The molecule has 2 aliphatic rings. The number of fused-ring (bicyclic) bond motifs is 4. The largest absolute Gasteiger partial charge is 0.464 e. The molecule has 29 heavy (non-hydrogen) atoms. The normalized spacial score (nSPS) is 20.0. The number of hydrogen-bond acceptors (Lipinski definition) is 4. The number of benzene rings is 1. The molecule has 0 saturated carbocycles. The molecular formula is C23H19N3O3. The van der Waals surface area contributed by atoms with E-state index in [1.54, 1.807) is 36.6 Å². The molecule has 2 aliphatic heterocycles. The minimum absolute atomic E-state index is 0.00289. The van der Waals surface area contributed by atoms with Crippen LogP contribution < -0.4 is 5.56 Å². The summed E-state index contributed by atoms with van der Waals surface area (Å²) in [5, 5.41) is 8.96. The Labute approximate surface area is 167 Å². The van der Waals surface area contributed by atoms with Crippen LogP contribution >= 0.6 is 0 Å². The van der Waals surface area contributed by atoms with Gasteiger partial charge in [-0.1, -0.05) is 0 Å². The van der Waals surface area contributed by atoms with Crippen LogP contribution in [0.5, 0.6) is 0 Å². The van der Waals surface area contributed by atoms with Crippen molar-refractivity contribution in [3.63, 3.8) is 0 Å². The van der Waals surface area contributed by atoms with E-state index in [2.05, 4.69) is 6.07 Å². The van der Waals surface area contributed by atoms with Crippen LogP contribution in [0, 0.1) is 17.2 Å². The molecule has 5 rings (SSSR count). The lowest BCUT2D eigenvalue weighted by Crippen LogP contribution is -2.49. The number of nitriles is 1. The number of furan rings is 1. The zero-order valence-electron chi connectivity index (χ0n) is 15.7. The maximum atomic E-state index is 13.1. The van der Waals surface area contributed by atoms with Gasteiger partial charge in [-0.25, -0.2) is 0 Å². The highest BCUT2D eigenvalue weighted by atomic mass is 16.3. The van der Waals surface area contributed by atoms with Gasteiger partial charge in [0.05, 0.1) is 17.9 Å². The van der Waals surface area contributed by atoms with Crippen molar-refractivity contribution in [1.82, 2.24) is 9.47 Å². The molecule has 2 bridgehead atoms. The first-order valence-corrected chi connectivity index (χ1v) is 9.71. The molecular weight excluding hydrogens is 366 g/mol. The van der Waals surface area contributed by atoms with Gasteiger partial charge in [0.25, 0.3) is 11.5 Å². The highest BCUT2D eigenvalue weighted by Gasteiger charge is 2.38. The molecule has 144 valence electrons. The zero-order valence-corrected chi connectivity index (χ0v) is 15.7. The molecule has 3 aromatic rings. The van der Waals surface area contributed by atoms with Crippen molar-refractivity contribution in [2.24, 2.45) is 5.92 Å². The van der Waals surface area contributed by atoms with E-state index in [4.69, 9.17) is 9.68 Å². The third kappa shape index (κ3) is 2.95. The Morgan fingerprint density at radius 3 is 2.62 bits per heavy atom. The van der Waals surface area contributed by atoms with Crippen LogP contribution in [0.2, 0.25) is 0 Å². The molecule has 0 unspecified atom stereocenters. The second-order valence-corrected chi connectivity index (χ2v) is 7.76. The summed E-state index contributed by atoms with van der Waals surface area (Å²) in [7, 11) is 0. The van der Waals surface area contributed by atoms with Crippen molar-refractivity contribution in [1.29, 1.82) is 5.26 Å². The third-order valence-electron chi connectivity index (χ3n) is 5.92. The van der Waals surface area contributed by atoms with Crippen molar-refractivity contribution in [2.45, 2.75) is 18.9 Å². The molecule has 4 heterocycles. The first-order chi connectivity index (χ1) is 14.1. The Morgan fingerprint density at radius 2 is 1.90 bits per heavy atom. The van der Waals surface area contributed by atoms with Crippen molar-refractivity contribution in [3.8, 4) is 17.4 Å². The van der Waals surface area contributed by atoms with Crippen LogP contribution in [-0.4, -0.2) is 28.5 Å². The van der Waals surface area contributed by atoms with Gasteiger partial charge in [0, 0.05) is 48.4 Å². The fraction of sp³-hybridized carbons (Fsp3) is 0.261. The summed E-state index contributed by atoms with van der Waals surface area (Å²) in [5.74, 6) is 1.03. The van der Waals surface area contributed by atoms with Gasteiger partial charge >= 0.3 is 0 Å². The minimum atomic E-state index is -0.0320. The summed E-state index contributed by atoms with van der Waals surface area (Å²) in [6, 6.07) is 16.0. The maximum absolute atomic E-state index is 13.1. The van der Waals surface area contributed by atoms with E-state index in [-0.39, 0.29) is 23.3 Å².